The van der Waals surface area contributed by atoms with E-state index < -0.39 is 4.83 Å². The van der Waals surface area contributed by atoms with E-state index in [0.29, 0.717) is 0 Å². The van der Waals surface area contributed by atoms with Gasteiger partial charge in [-0.15, -0.1) is 0 Å². The van der Waals surface area contributed by atoms with Gasteiger partial charge in [-0.3, -0.25) is 4.79 Å². The first-order valence-electron chi connectivity index (χ1n) is 4.93. The van der Waals surface area contributed by atoms with Crippen molar-refractivity contribution in [2.24, 2.45) is 0 Å². The molecule has 0 N–H and O–H groups in total. The van der Waals surface area contributed by atoms with Crippen LogP contribution in [0.5, 0.6) is 0 Å². The van der Waals surface area contributed by atoms with Crippen LogP contribution in [0.2, 0.25) is 0 Å². The molecule has 0 saturated carbocycles. The Morgan fingerprint density at radius 2 is 1.88 bits per heavy atom. The van der Waals surface area contributed by atoms with Gasteiger partial charge in [0.25, 0.3) is 0 Å². The van der Waals surface area contributed by atoms with Gasteiger partial charge < -0.3 is 4.74 Å². The molecule has 0 amide bonds. The van der Waals surface area contributed by atoms with Crippen molar-refractivity contribution in [1.82, 2.24) is 0 Å². The summed E-state index contributed by atoms with van der Waals surface area (Å²) in [6.07, 6.45) is 0. The van der Waals surface area contributed by atoms with Crippen LogP contribution in [0.4, 0.5) is 0 Å². The zero-order valence-corrected chi connectivity index (χ0v) is 10.4. The topological polar surface area (TPSA) is 26.3 Å². The molecule has 1 atom stereocenters. The van der Waals surface area contributed by atoms with Crippen LogP contribution in [-0.2, 0) is 9.53 Å². The van der Waals surface area contributed by atoms with E-state index >= 15 is 0 Å². The van der Waals surface area contributed by atoms with E-state index in [1.807, 2.05) is 42.5 Å². The lowest BCUT2D eigenvalue weighted by Gasteiger charge is -2.10. The summed E-state index contributed by atoms with van der Waals surface area (Å²) < 4.78 is 4.73. The Bertz CT molecular complexity index is 517. The lowest BCUT2D eigenvalue weighted by molar-refractivity contribution is -0.139. The van der Waals surface area contributed by atoms with Gasteiger partial charge in [0.1, 0.15) is 4.83 Å². The molecule has 0 heterocycles. The number of rotatable bonds is 2. The average Bonchev–Trinajstić information content (AvgIpc) is 2.36. The third-order valence-corrected chi connectivity index (χ3v) is 3.37. The van der Waals surface area contributed by atoms with Crippen molar-refractivity contribution in [3.8, 4) is 0 Å². The van der Waals surface area contributed by atoms with Crippen molar-refractivity contribution >= 4 is 32.7 Å². The lowest BCUT2D eigenvalue weighted by Crippen LogP contribution is -2.08. The van der Waals surface area contributed by atoms with Gasteiger partial charge in [-0.2, -0.15) is 0 Å². The van der Waals surface area contributed by atoms with Crippen LogP contribution in [0.1, 0.15) is 10.4 Å². The van der Waals surface area contributed by atoms with E-state index in [1.54, 1.807) is 0 Å². The monoisotopic (exact) mass is 278 g/mol. The second-order valence-electron chi connectivity index (χ2n) is 3.45. The highest BCUT2D eigenvalue weighted by molar-refractivity contribution is 9.09. The van der Waals surface area contributed by atoms with E-state index in [-0.39, 0.29) is 5.97 Å². The Hall–Kier alpha value is -1.35. The summed E-state index contributed by atoms with van der Waals surface area (Å²) in [4.78, 5) is 11.1. The number of hydrogen-bond donors (Lipinski definition) is 0. The van der Waals surface area contributed by atoms with Crippen LogP contribution in [0.25, 0.3) is 10.8 Å². The van der Waals surface area contributed by atoms with Gasteiger partial charge in [-0.05, 0) is 16.3 Å². The molecule has 3 heteroatoms. The van der Waals surface area contributed by atoms with Gasteiger partial charge in [-0.1, -0.05) is 58.4 Å². The number of ether oxygens (including phenoxy) is 1. The molecule has 0 bridgehead atoms. The summed E-state index contributed by atoms with van der Waals surface area (Å²) in [6.45, 7) is 0. The van der Waals surface area contributed by atoms with E-state index in [1.165, 1.54) is 7.11 Å². The van der Waals surface area contributed by atoms with Crippen LogP contribution in [0.15, 0.2) is 42.5 Å². The Morgan fingerprint density at radius 1 is 1.19 bits per heavy atom. The lowest BCUT2D eigenvalue weighted by atomic mass is 10.0. The highest BCUT2D eigenvalue weighted by Gasteiger charge is 2.19. The normalized spacial score (nSPS) is 12.4. The van der Waals surface area contributed by atoms with E-state index in [4.69, 9.17) is 4.74 Å². The molecule has 0 aliphatic carbocycles. The average molecular weight is 279 g/mol. The SMILES string of the molecule is COC(=O)C(Br)c1cccc2ccccc12. The summed E-state index contributed by atoms with van der Waals surface area (Å²) in [7, 11) is 1.39. The molecule has 0 spiro atoms. The predicted molar refractivity (Wildman–Crippen MR) is 67.6 cm³/mol. The van der Waals surface area contributed by atoms with Crippen LogP contribution >= 0.6 is 15.9 Å². The summed E-state index contributed by atoms with van der Waals surface area (Å²) in [5.41, 5.74) is 0.935. The van der Waals surface area contributed by atoms with E-state index in [0.717, 1.165) is 16.3 Å². The molecular formula is C13H11BrO2. The van der Waals surface area contributed by atoms with Gasteiger partial charge in [0.15, 0.2) is 0 Å². The second kappa shape index (κ2) is 4.66. The van der Waals surface area contributed by atoms with Crippen LogP contribution < -0.4 is 0 Å². The predicted octanol–water partition coefficient (Wildman–Crippen LogP) is 3.45. The molecule has 0 aromatic heterocycles. The minimum atomic E-state index is -0.413. The molecular weight excluding hydrogens is 268 g/mol. The third-order valence-electron chi connectivity index (χ3n) is 2.50. The minimum Gasteiger partial charge on any atom is -0.468 e. The number of benzene rings is 2. The molecule has 16 heavy (non-hydrogen) atoms. The van der Waals surface area contributed by atoms with E-state index in [2.05, 4.69) is 15.9 Å². The number of carbonyl (C=O) groups excluding carboxylic acids is 1. The van der Waals surface area contributed by atoms with Crippen LogP contribution in [0, 0.1) is 0 Å². The fourth-order valence-electron chi connectivity index (χ4n) is 1.70. The summed E-state index contributed by atoms with van der Waals surface area (Å²) >= 11 is 3.36. The molecule has 0 fully saturated rings. The second-order valence-corrected chi connectivity index (χ2v) is 4.37. The van der Waals surface area contributed by atoms with Crippen molar-refractivity contribution < 1.29 is 9.53 Å². The zero-order chi connectivity index (χ0) is 11.5. The molecule has 2 aromatic carbocycles. The molecule has 82 valence electrons. The highest BCUT2D eigenvalue weighted by Crippen LogP contribution is 2.30. The number of esters is 1. The van der Waals surface area contributed by atoms with Crippen molar-refractivity contribution in [1.29, 1.82) is 0 Å². The number of methoxy groups -OCH3 is 1. The summed E-state index contributed by atoms with van der Waals surface area (Å²) in [5, 5.41) is 2.19. The van der Waals surface area contributed by atoms with Crippen molar-refractivity contribution in [3.63, 3.8) is 0 Å². The molecule has 2 aromatic rings. The molecule has 2 nitrogen and oxygen atoms in total. The third kappa shape index (κ3) is 1.95. The van der Waals surface area contributed by atoms with E-state index in [9.17, 15) is 4.79 Å². The number of alkyl halides is 1. The Kier molecular flexibility index (Phi) is 3.25. The largest absolute Gasteiger partial charge is 0.468 e. The van der Waals surface area contributed by atoms with Crippen molar-refractivity contribution in [3.05, 3.63) is 48.0 Å². The van der Waals surface area contributed by atoms with Gasteiger partial charge >= 0.3 is 5.97 Å². The van der Waals surface area contributed by atoms with Crippen molar-refractivity contribution in [2.45, 2.75) is 4.83 Å². The van der Waals surface area contributed by atoms with Crippen LogP contribution in [-0.4, -0.2) is 13.1 Å². The van der Waals surface area contributed by atoms with Crippen LogP contribution in [0.3, 0.4) is 0 Å². The maximum atomic E-state index is 11.5. The van der Waals surface area contributed by atoms with Crippen molar-refractivity contribution in [2.75, 3.05) is 7.11 Å². The maximum Gasteiger partial charge on any atom is 0.324 e. The Balaban J connectivity index is 2.56. The Morgan fingerprint density at radius 3 is 2.62 bits per heavy atom. The maximum absolute atomic E-state index is 11.5. The van der Waals surface area contributed by atoms with Gasteiger partial charge in [-0.25, -0.2) is 0 Å². The van der Waals surface area contributed by atoms with Gasteiger partial charge in [0, 0.05) is 0 Å². The number of fused-ring (bicyclic) bond motifs is 1. The molecule has 0 saturated heterocycles. The minimum absolute atomic E-state index is 0.281. The first kappa shape index (κ1) is 11.1. The number of hydrogen-bond acceptors (Lipinski definition) is 2. The molecule has 0 radical (unpaired) electrons. The number of halogens is 1. The Labute approximate surface area is 102 Å². The summed E-state index contributed by atoms with van der Waals surface area (Å²) in [6, 6.07) is 13.9. The first-order chi connectivity index (χ1) is 7.74. The standard InChI is InChI=1S/C13H11BrO2/c1-16-13(15)12(14)11-8-4-6-9-5-2-3-7-10(9)11/h2-8,12H,1H3. The van der Waals surface area contributed by atoms with Gasteiger partial charge in [0.2, 0.25) is 0 Å². The molecule has 2 rings (SSSR count). The van der Waals surface area contributed by atoms with Gasteiger partial charge in [0.05, 0.1) is 7.11 Å². The quantitative estimate of drug-likeness (QED) is 0.621. The fraction of sp³-hybridized carbons (Fsp3) is 0.154. The molecule has 1 unspecified atom stereocenters. The highest BCUT2D eigenvalue weighted by atomic mass is 79.9. The molecule has 0 aliphatic rings. The molecule has 0 aliphatic heterocycles. The summed E-state index contributed by atoms with van der Waals surface area (Å²) in [5.74, 6) is -0.281. The smallest absolute Gasteiger partial charge is 0.324 e. The first-order valence-corrected chi connectivity index (χ1v) is 5.85. The number of carbonyl (C=O) groups is 1. The zero-order valence-electron chi connectivity index (χ0n) is 8.81. The fourth-order valence-corrected chi connectivity index (χ4v) is 2.29.